The number of hydrogen-bond donors (Lipinski definition) is 0. The van der Waals surface area contributed by atoms with Gasteiger partial charge in [-0.2, -0.15) is 0 Å². The van der Waals surface area contributed by atoms with Crippen molar-refractivity contribution < 1.29 is 23.0 Å². The van der Waals surface area contributed by atoms with Crippen LogP contribution in [0.25, 0.3) is 0 Å². The number of piperidine rings is 1. The molecule has 2 saturated heterocycles. The Morgan fingerprint density at radius 3 is 2.59 bits per heavy atom. The van der Waals surface area contributed by atoms with Crippen LogP contribution in [0, 0.1) is 11.6 Å². The number of methoxy groups -OCH3 is 1. The van der Waals surface area contributed by atoms with E-state index in [1.165, 1.54) is 13.2 Å². The van der Waals surface area contributed by atoms with Crippen molar-refractivity contribution in [2.75, 3.05) is 53.9 Å². The van der Waals surface area contributed by atoms with E-state index in [0.717, 1.165) is 12.6 Å². The van der Waals surface area contributed by atoms with E-state index in [4.69, 9.17) is 9.47 Å². The van der Waals surface area contributed by atoms with Crippen molar-refractivity contribution in [1.82, 2.24) is 14.7 Å². The number of nitrogens with zero attached hydrogens (tertiary/aromatic N) is 3. The average Bonchev–Trinajstić information content (AvgIpc) is 2.94. The standard InChI is InChI=1S/C19H27F2N3O3/c1-22(2)10-11-24-13-19(27-18(24)25)6-8-23(9-7-19)12-14-16(26-3)5-4-15(20)17(14)21/h4-5H,6-13H2,1-3H3. The summed E-state index contributed by atoms with van der Waals surface area (Å²) in [6.07, 6.45) is 1.09. The van der Waals surface area contributed by atoms with Gasteiger partial charge in [0.2, 0.25) is 0 Å². The van der Waals surface area contributed by atoms with E-state index in [1.54, 1.807) is 4.90 Å². The Balaban J connectivity index is 1.60. The number of carbonyl (C=O) groups excluding carboxylic acids is 1. The topological polar surface area (TPSA) is 45.2 Å². The third kappa shape index (κ3) is 4.32. The number of likely N-dealkylation sites (tertiary alicyclic amines) is 1. The molecule has 6 nitrogen and oxygen atoms in total. The van der Waals surface area contributed by atoms with Crippen molar-refractivity contribution >= 4 is 6.09 Å². The van der Waals surface area contributed by atoms with Crippen LogP contribution < -0.4 is 4.74 Å². The van der Waals surface area contributed by atoms with E-state index in [9.17, 15) is 13.6 Å². The van der Waals surface area contributed by atoms with Gasteiger partial charge in [-0.3, -0.25) is 4.90 Å². The molecule has 0 saturated carbocycles. The second-order valence-corrected chi connectivity index (χ2v) is 7.59. The highest BCUT2D eigenvalue weighted by Gasteiger charge is 2.46. The first-order valence-electron chi connectivity index (χ1n) is 9.19. The van der Waals surface area contributed by atoms with Crippen LogP contribution in [0.3, 0.4) is 0 Å². The lowest BCUT2D eigenvalue weighted by Crippen LogP contribution is -2.47. The van der Waals surface area contributed by atoms with Gasteiger partial charge in [0.05, 0.1) is 13.7 Å². The zero-order chi connectivity index (χ0) is 19.6. The summed E-state index contributed by atoms with van der Waals surface area (Å²) in [6, 6.07) is 2.52. The molecular formula is C19H27F2N3O3. The number of likely N-dealkylation sites (N-methyl/N-ethyl adjacent to an activating group) is 1. The lowest BCUT2D eigenvalue weighted by molar-refractivity contribution is -0.00161. The van der Waals surface area contributed by atoms with Gasteiger partial charge in [-0.25, -0.2) is 13.6 Å². The molecule has 0 aliphatic carbocycles. The van der Waals surface area contributed by atoms with Crippen LogP contribution in [0.4, 0.5) is 13.6 Å². The third-order valence-corrected chi connectivity index (χ3v) is 5.38. The van der Waals surface area contributed by atoms with Gasteiger partial charge in [-0.1, -0.05) is 0 Å². The smallest absolute Gasteiger partial charge is 0.410 e. The number of amides is 1. The summed E-state index contributed by atoms with van der Waals surface area (Å²) in [5.74, 6) is -1.39. The summed E-state index contributed by atoms with van der Waals surface area (Å²) < 4.78 is 38.7. The van der Waals surface area contributed by atoms with E-state index in [0.29, 0.717) is 44.8 Å². The molecule has 1 amide bonds. The summed E-state index contributed by atoms with van der Waals surface area (Å²) in [5, 5.41) is 0. The maximum Gasteiger partial charge on any atom is 0.410 e. The molecule has 0 aromatic heterocycles. The molecule has 2 aliphatic rings. The Morgan fingerprint density at radius 1 is 1.26 bits per heavy atom. The lowest BCUT2D eigenvalue weighted by atomic mass is 9.91. The number of hydrogen-bond acceptors (Lipinski definition) is 5. The predicted molar refractivity (Wildman–Crippen MR) is 96.8 cm³/mol. The molecule has 150 valence electrons. The molecule has 0 atom stereocenters. The SMILES string of the molecule is COc1ccc(F)c(F)c1CN1CCC2(CC1)CN(CCN(C)C)C(=O)O2. The molecule has 0 radical (unpaired) electrons. The first-order valence-corrected chi connectivity index (χ1v) is 9.19. The quantitative estimate of drug-likeness (QED) is 0.755. The fourth-order valence-electron chi connectivity index (χ4n) is 3.70. The number of ether oxygens (including phenoxy) is 2. The van der Waals surface area contributed by atoms with Crippen LogP contribution in [0.2, 0.25) is 0 Å². The first-order chi connectivity index (χ1) is 12.8. The summed E-state index contributed by atoms with van der Waals surface area (Å²) >= 11 is 0. The van der Waals surface area contributed by atoms with Crippen molar-refractivity contribution in [3.05, 3.63) is 29.3 Å². The van der Waals surface area contributed by atoms with Crippen molar-refractivity contribution in [2.24, 2.45) is 0 Å². The minimum atomic E-state index is -0.875. The van der Waals surface area contributed by atoms with Crippen LogP contribution in [0.5, 0.6) is 5.75 Å². The van der Waals surface area contributed by atoms with Crippen LogP contribution in [0.15, 0.2) is 12.1 Å². The fraction of sp³-hybridized carbons (Fsp3) is 0.632. The molecule has 27 heavy (non-hydrogen) atoms. The molecule has 2 heterocycles. The van der Waals surface area contributed by atoms with Crippen LogP contribution in [0.1, 0.15) is 18.4 Å². The number of benzene rings is 1. The summed E-state index contributed by atoms with van der Waals surface area (Å²) in [6.45, 7) is 3.58. The molecule has 0 bridgehead atoms. The molecule has 1 aromatic rings. The van der Waals surface area contributed by atoms with E-state index < -0.39 is 17.2 Å². The molecule has 3 rings (SSSR count). The molecule has 1 spiro atoms. The van der Waals surface area contributed by atoms with Crippen LogP contribution >= 0.6 is 0 Å². The normalized spacial score (nSPS) is 19.8. The Morgan fingerprint density at radius 2 is 1.96 bits per heavy atom. The monoisotopic (exact) mass is 383 g/mol. The highest BCUT2D eigenvalue weighted by Crippen LogP contribution is 2.34. The molecule has 2 aliphatic heterocycles. The third-order valence-electron chi connectivity index (χ3n) is 5.38. The van der Waals surface area contributed by atoms with Gasteiger partial charge >= 0.3 is 6.09 Å². The molecule has 1 aromatic carbocycles. The lowest BCUT2D eigenvalue weighted by Gasteiger charge is -2.37. The minimum absolute atomic E-state index is 0.226. The van der Waals surface area contributed by atoms with Crippen LogP contribution in [-0.4, -0.2) is 80.3 Å². The van der Waals surface area contributed by atoms with Crippen LogP contribution in [-0.2, 0) is 11.3 Å². The highest BCUT2D eigenvalue weighted by molar-refractivity contribution is 5.70. The van der Waals surface area contributed by atoms with Gasteiger partial charge in [0.1, 0.15) is 11.4 Å². The average molecular weight is 383 g/mol. The Hall–Kier alpha value is -1.93. The summed E-state index contributed by atoms with van der Waals surface area (Å²) in [4.78, 5) is 18.0. The first kappa shape index (κ1) is 19.8. The Kier molecular flexibility index (Phi) is 5.86. The second kappa shape index (κ2) is 7.98. The van der Waals surface area contributed by atoms with Gasteiger partial charge in [-0.15, -0.1) is 0 Å². The maximum atomic E-state index is 14.2. The van der Waals surface area contributed by atoms with E-state index >= 15 is 0 Å². The highest BCUT2D eigenvalue weighted by atomic mass is 19.2. The predicted octanol–water partition coefficient (Wildman–Crippen LogP) is 2.32. The summed E-state index contributed by atoms with van der Waals surface area (Å²) in [5.41, 5.74) is -0.241. The van der Waals surface area contributed by atoms with E-state index in [2.05, 4.69) is 0 Å². The summed E-state index contributed by atoms with van der Waals surface area (Å²) in [7, 11) is 5.38. The Labute approximate surface area is 158 Å². The van der Waals surface area contributed by atoms with Crippen molar-refractivity contribution in [2.45, 2.75) is 25.0 Å². The number of rotatable bonds is 6. The van der Waals surface area contributed by atoms with Gasteiger partial charge in [0.25, 0.3) is 0 Å². The van der Waals surface area contributed by atoms with Gasteiger partial charge < -0.3 is 19.3 Å². The molecular weight excluding hydrogens is 356 g/mol. The number of carbonyl (C=O) groups is 1. The van der Waals surface area contributed by atoms with Gasteiger partial charge in [0.15, 0.2) is 11.6 Å². The molecule has 0 unspecified atom stereocenters. The van der Waals surface area contributed by atoms with Gasteiger partial charge in [0, 0.05) is 51.1 Å². The van der Waals surface area contributed by atoms with Crippen molar-refractivity contribution in [3.8, 4) is 5.75 Å². The zero-order valence-electron chi connectivity index (χ0n) is 16.1. The number of halogens is 2. The molecule has 2 fully saturated rings. The molecule has 8 heteroatoms. The van der Waals surface area contributed by atoms with Gasteiger partial charge in [-0.05, 0) is 26.2 Å². The second-order valence-electron chi connectivity index (χ2n) is 7.59. The zero-order valence-corrected chi connectivity index (χ0v) is 16.1. The van der Waals surface area contributed by atoms with E-state index in [-0.39, 0.29) is 18.2 Å². The maximum absolute atomic E-state index is 14.2. The fourth-order valence-corrected chi connectivity index (χ4v) is 3.70. The van der Waals surface area contributed by atoms with Crippen molar-refractivity contribution in [3.63, 3.8) is 0 Å². The minimum Gasteiger partial charge on any atom is -0.496 e. The molecule has 0 N–H and O–H groups in total. The van der Waals surface area contributed by atoms with Crippen molar-refractivity contribution in [1.29, 1.82) is 0 Å². The van der Waals surface area contributed by atoms with E-state index in [1.807, 2.05) is 23.9 Å². The largest absolute Gasteiger partial charge is 0.496 e. The Bertz CT molecular complexity index is 691.